The Balaban J connectivity index is 0.000000144. The maximum absolute atomic E-state index is 5.53. The molecule has 4 nitrogen and oxygen atoms in total. The number of nitrogens with zero attached hydrogens (tertiary/aromatic N) is 4. The highest BCUT2D eigenvalue weighted by Gasteiger charge is 2.21. The van der Waals surface area contributed by atoms with Gasteiger partial charge in [-0.3, -0.25) is 0 Å². The van der Waals surface area contributed by atoms with Crippen LogP contribution < -0.4 is 0 Å². The van der Waals surface area contributed by atoms with E-state index in [4.69, 9.17) is 9.97 Å². The summed E-state index contributed by atoms with van der Waals surface area (Å²) in [6.07, 6.45) is 0. The van der Waals surface area contributed by atoms with Crippen LogP contribution in [0.25, 0.3) is 187 Å². The van der Waals surface area contributed by atoms with Gasteiger partial charge in [0.05, 0.1) is 44.5 Å². The molecular weight excluding hydrogens is 1260 g/mol. The van der Waals surface area contributed by atoms with Crippen LogP contribution in [0.1, 0.15) is 33.4 Å². The topological polar surface area (TPSA) is 35.6 Å². The Morgan fingerprint density at radius 3 is 0.856 bits per heavy atom. The highest BCUT2D eigenvalue weighted by molar-refractivity contribution is 6.27. The van der Waals surface area contributed by atoms with E-state index in [1.54, 1.807) is 0 Å². The lowest BCUT2D eigenvalue weighted by Crippen LogP contribution is -1.95. The van der Waals surface area contributed by atoms with Crippen LogP contribution in [0.3, 0.4) is 0 Å². The third kappa shape index (κ3) is 10.4. The van der Waals surface area contributed by atoms with Crippen LogP contribution in [0.5, 0.6) is 0 Å². The van der Waals surface area contributed by atoms with Gasteiger partial charge in [-0.05, 0) is 238 Å². The molecule has 0 spiro atoms. The van der Waals surface area contributed by atoms with Gasteiger partial charge in [-0.2, -0.15) is 0 Å². The van der Waals surface area contributed by atoms with Crippen molar-refractivity contribution in [1.82, 2.24) is 19.1 Å². The minimum atomic E-state index is 0.962. The summed E-state index contributed by atoms with van der Waals surface area (Å²) in [5.74, 6) is 0. The molecule has 0 N–H and O–H groups in total. The van der Waals surface area contributed by atoms with Crippen LogP contribution in [-0.2, 0) is 0 Å². The normalized spacial score (nSPS) is 11.8. The lowest BCUT2D eigenvalue weighted by Gasteiger charge is -2.17. The van der Waals surface area contributed by atoms with E-state index in [1.807, 2.05) is 0 Å². The number of para-hydroxylation sites is 4. The van der Waals surface area contributed by atoms with Crippen molar-refractivity contribution in [2.45, 2.75) is 41.5 Å². The summed E-state index contributed by atoms with van der Waals surface area (Å²) < 4.78 is 4.75. The molecule has 20 rings (SSSR count). The lowest BCUT2D eigenvalue weighted by atomic mass is 9.88. The number of aromatic nitrogens is 4. The van der Waals surface area contributed by atoms with Crippen molar-refractivity contribution in [3.8, 4) is 78.4 Å². The fourth-order valence-corrected chi connectivity index (χ4v) is 17.2. The van der Waals surface area contributed by atoms with Crippen LogP contribution in [0.15, 0.2) is 328 Å². The first kappa shape index (κ1) is 62.0. The molecule has 0 amide bonds. The molecule has 0 saturated heterocycles. The quantitative estimate of drug-likeness (QED) is 0.142. The molecule has 0 aliphatic heterocycles. The van der Waals surface area contributed by atoms with Gasteiger partial charge in [-0.25, -0.2) is 9.97 Å². The average Bonchev–Trinajstić information content (AvgIpc) is 1.04. The molecule has 0 fully saturated rings. The Labute approximate surface area is 604 Å². The van der Waals surface area contributed by atoms with Gasteiger partial charge in [0, 0.05) is 65.6 Å². The molecule has 0 atom stereocenters. The second-order valence-corrected chi connectivity index (χ2v) is 28.3. The van der Waals surface area contributed by atoms with Gasteiger partial charge >= 0.3 is 0 Å². The van der Waals surface area contributed by atoms with E-state index in [2.05, 4.69) is 378 Å². The van der Waals surface area contributed by atoms with Crippen molar-refractivity contribution in [2.24, 2.45) is 0 Å². The number of rotatable bonds is 8. The van der Waals surface area contributed by atoms with E-state index in [0.717, 1.165) is 55.7 Å². The van der Waals surface area contributed by atoms with Crippen molar-refractivity contribution >= 4 is 109 Å². The second kappa shape index (κ2) is 24.9. The Bertz CT molecular complexity index is 6760. The number of pyridine rings is 2. The van der Waals surface area contributed by atoms with Crippen LogP contribution in [0.4, 0.5) is 0 Å². The SMILES string of the molecule is Cc1cc(C)c(-c2ccc3c(c2)c2cc(-c4c(C)cc(C)cc4C)ccc2c2nc(-c4cccc(-n5c6ccccc6c6ccccc65)c4)ccc32)c(C)c1.c1ccc(-c2ccc3c(c2)c2cc(-c4ccccc4)ccc2c2nc(-c4cccc(-n5c6ccccc6c6ccccc65)c4)ccc32)cc1. The molecule has 0 aliphatic rings. The predicted molar refractivity (Wildman–Crippen MR) is 443 cm³/mol. The summed E-state index contributed by atoms with van der Waals surface area (Å²) >= 11 is 0. The summed E-state index contributed by atoms with van der Waals surface area (Å²) in [4.78, 5) is 11.0. The molecule has 0 aliphatic carbocycles. The zero-order chi connectivity index (χ0) is 69.8. The van der Waals surface area contributed by atoms with Gasteiger partial charge in [0.25, 0.3) is 0 Å². The van der Waals surface area contributed by atoms with Crippen molar-refractivity contribution < 1.29 is 0 Å². The molecule has 104 heavy (non-hydrogen) atoms. The van der Waals surface area contributed by atoms with Crippen LogP contribution in [-0.4, -0.2) is 19.1 Å². The van der Waals surface area contributed by atoms with Crippen molar-refractivity contribution in [1.29, 1.82) is 0 Å². The third-order valence-electron chi connectivity index (χ3n) is 21.6. The fraction of sp³-hybridized carbons (Fsp3) is 0.0600. The first-order chi connectivity index (χ1) is 51.0. The molecule has 4 aromatic heterocycles. The zero-order valence-electron chi connectivity index (χ0n) is 59.0. The van der Waals surface area contributed by atoms with Gasteiger partial charge in [0.2, 0.25) is 0 Å². The van der Waals surface area contributed by atoms with Gasteiger partial charge in [0.1, 0.15) is 0 Å². The number of aryl methyl sites for hydroxylation is 6. The summed E-state index contributed by atoms with van der Waals surface area (Å²) in [5.41, 5.74) is 31.0. The van der Waals surface area contributed by atoms with Gasteiger partial charge < -0.3 is 9.13 Å². The van der Waals surface area contributed by atoms with Crippen molar-refractivity contribution in [3.63, 3.8) is 0 Å². The average molecular weight is 1330 g/mol. The highest BCUT2D eigenvalue weighted by Crippen LogP contribution is 2.45. The Kier molecular flexibility index (Phi) is 14.9. The van der Waals surface area contributed by atoms with Crippen LogP contribution in [0.2, 0.25) is 0 Å². The first-order valence-corrected chi connectivity index (χ1v) is 36.1. The number of hydrogen-bond donors (Lipinski definition) is 0. The van der Waals surface area contributed by atoms with Gasteiger partial charge in [-0.15, -0.1) is 0 Å². The summed E-state index contributed by atoms with van der Waals surface area (Å²) in [5, 5.41) is 17.1. The van der Waals surface area contributed by atoms with Gasteiger partial charge in [0.15, 0.2) is 0 Å². The molecule has 20 aromatic rings. The molecule has 16 aromatic carbocycles. The predicted octanol–water partition coefficient (Wildman–Crippen LogP) is 27.1. The minimum absolute atomic E-state index is 0.962. The third-order valence-corrected chi connectivity index (χ3v) is 21.6. The first-order valence-electron chi connectivity index (χ1n) is 36.1. The summed E-state index contributed by atoms with van der Waals surface area (Å²) in [6.45, 7) is 13.3. The monoisotopic (exact) mass is 1330 g/mol. The van der Waals surface area contributed by atoms with Crippen LogP contribution >= 0.6 is 0 Å². The van der Waals surface area contributed by atoms with E-state index in [1.165, 1.54) is 165 Å². The lowest BCUT2D eigenvalue weighted by molar-refractivity contribution is 1.18. The molecule has 0 radical (unpaired) electrons. The molecule has 4 heteroatoms. The molecule has 0 saturated carbocycles. The Morgan fingerprint density at radius 1 is 0.192 bits per heavy atom. The summed E-state index contributed by atoms with van der Waals surface area (Å²) in [6, 6.07) is 120. The van der Waals surface area contributed by atoms with Crippen molar-refractivity contribution in [2.75, 3.05) is 0 Å². The number of benzene rings is 16. The van der Waals surface area contributed by atoms with E-state index >= 15 is 0 Å². The molecular formula is C100H72N4. The Morgan fingerprint density at radius 2 is 0.481 bits per heavy atom. The molecule has 492 valence electrons. The fourth-order valence-electron chi connectivity index (χ4n) is 17.2. The standard InChI is InChI=1S/C53H42N2.C47H30N2/c1-31-24-33(3)51(34(4)25-31)38-18-20-41-44-22-23-48(37-12-11-13-40(28-37)55-49-16-9-7-14-42(49)43-15-8-10-17-50(43)55)54-53(44)45-21-19-39(30-47(45)46(41)29-38)52-35(5)26-32(2)27-36(52)6;1-3-12-31(13-4-1)33-22-24-37-40-26-27-44(48-47(40)41-25-23-34(30-43(41)42(37)29-33)32-14-5-2-6-15-32)35-16-11-17-36(28-35)49-45-20-9-7-18-38(45)39-19-8-10-21-46(39)49/h7-30H,1-6H3;1-30H. The minimum Gasteiger partial charge on any atom is -0.309 e. The molecule has 0 bridgehead atoms. The second-order valence-electron chi connectivity index (χ2n) is 28.3. The van der Waals surface area contributed by atoms with Crippen LogP contribution in [0, 0.1) is 41.5 Å². The molecule has 0 unspecified atom stereocenters. The maximum atomic E-state index is 5.53. The van der Waals surface area contributed by atoms with E-state index in [0.29, 0.717) is 0 Å². The van der Waals surface area contributed by atoms with E-state index < -0.39 is 0 Å². The Hall–Kier alpha value is -13.0. The summed E-state index contributed by atoms with van der Waals surface area (Å²) in [7, 11) is 0. The smallest absolute Gasteiger partial charge is 0.0794 e. The maximum Gasteiger partial charge on any atom is 0.0794 e. The molecule has 4 heterocycles. The van der Waals surface area contributed by atoms with Crippen molar-refractivity contribution in [3.05, 3.63) is 361 Å². The van der Waals surface area contributed by atoms with Gasteiger partial charge in [-0.1, -0.05) is 242 Å². The zero-order valence-corrected chi connectivity index (χ0v) is 59.0. The highest BCUT2D eigenvalue weighted by atomic mass is 15.0. The number of hydrogen-bond acceptors (Lipinski definition) is 2. The van der Waals surface area contributed by atoms with E-state index in [-0.39, 0.29) is 0 Å². The largest absolute Gasteiger partial charge is 0.309 e. The number of fused-ring (bicyclic) bond motifs is 18. The van der Waals surface area contributed by atoms with E-state index in [9.17, 15) is 0 Å².